The van der Waals surface area contributed by atoms with Gasteiger partial charge in [0.05, 0.1) is 0 Å². The molecule has 0 aromatic heterocycles. The molecule has 92 valence electrons. The van der Waals surface area contributed by atoms with Crippen LogP contribution in [0.4, 0.5) is 13.2 Å². The van der Waals surface area contributed by atoms with Gasteiger partial charge in [-0.2, -0.15) is 0 Å². The van der Waals surface area contributed by atoms with Crippen molar-refractivity contribution in [1.82, 2.24) is 0 Å². The van der Waals surface area contributed by atoms with Gasteiger partial charge in [-0.05, 0) is 30.2 Å². The molecule has 0 unspecified atom stereocenters. The second kappa shape index (κ2) is 5.08. The van der Waals surface area contributed by atoms with Crippen molar-refractivity contribution < 1.29 is 13.2 Å². The van der Waals surface area contributed by atoms with Crippen molar-refractivity contribution in [3.8, 4) is 0 Å². The van der Waals surface area contributed by atoms with Crippen LogP contribution in [0.25, 0.3) is 11.4 Å². The maximum Gasteiger partial charge on any atom is 0.168 e. The van der Waals surface area contributed by atoms with E-state index < -0.39 is 17.5 Å². The Morgan fingerprint density at radius 1 is 0.889 bits per heavy atom. The summed E-state index contributed by atoms with van der Waals surface area (Å²) >= 11 is 0. The maximum absolute atomic E-state index is 14.1. The van der Waals surface area contributed by atoms with Gasteiger partial charge in [0.15, 0.2) is 11.6 Å². The summed E-state index contributed by atoms with van der Waals surface area (Å²) in [5.74, 6) is -2.97. The van der Waals surface area contributed by atoms with Gasteiger partial charge in [-0.1, -0.05) is 36.4 Å². The fourth-order valence-electron chi connectivity index (χ4n) is 1.69. The summed E-state index contributed by atoms with van der Waals surface area (Å²) in [5, 5.41) is 0. The van der Waals surface area contributed by atoms with Gasteiger partial charge in [0.25, 0.3) is 0 Å². The molecule has 0 aliphatic rings. The average molecular weight is 248 g/mol. The zero-order valence-electron chi connectivity index (χ0n) is 9.75. The zero-order valence-corrected chi connectivity index (χ0v) is 9.75. The van der Waals surface area contributed by atoms with Gasteiger partial charge in [-0.15, -0.1) is 0 Å². The fraction of sp³-hybridized carbons (Fsp3) is 0.0667. The van der Waals surface area contributed by atoms with Crippen LogP contribution in [-0.2, 0) is 0 Å². The van der Waals surface area contributed by atoms with Crippen LogP contribution in [-0.4, -0.2) is 0 Å². The van der Waals surface area contributed by atoms with E-state index in [-0.39, 0.29) is 11.1 Å². The Morgan fingerprint density at radius 3 is 2.22 bits per heavy atom. The first-order valence-electron chi connectivity index (χ1n) is 5.47. The number of halogens is 3. The highest BCUT2D eigenvalue weighted by Crippen LogP contribution is 2.29. The molecule has 0 radical (unpaired) electrons. The predicted molar refractivity (Wildman–Crippen MR) is 66.4 cm³/mol. The highest BCUT2D eigenvalue weighted by Gasteiger charge is 2.14. The second-order valence-electron chi connectivity index (χ2n) is 3.91. The first-order chi connectivity index (χ1) is 8.61. The van der Waals surface area contributed by atoms with Gasteiger partial charge in [0.2, 0.25) is 0 Å². The number of hydrogen-bond donors (Lipinski definition) is 0. The van der Waals surface area contributed by atoms with E-state index in [2.05, 4.69) is 0 Å². The van der Waals surface area contributed by atoms with E-state index in [1.807, 2.05) is 0 Å². The molecule has 3 heteroatoms. The minimum atomic E-state index is -1.16. The minimum absolute atomic E-state index is 0.278. The van der Waals surface area contributed by atoms with Gasteiger partial charge < -0.3 is 0 Å². The van der Waals surface area contributed by atoms with Crippen LogP contribution in [0.1, 0.15) is 18.1 Å². The van der Waals surface area contributed by atoms with Gasteiger partial charge in [0, 0.05) is 5.56 Å². The Balaban J connectivity index is 2.54. The summed E-state index contributed by atoms with van der Waals surface area (Å²) in [5.41, 5.74) is 0.565. The minimum Gasteiger partial charge on any atom is -0.206 e. The number of rotatable bonds is 2. The summed E-state index contributed by atoms with van der Waals surface area (Å²) < 4.78 is 40.6. The Morgan fingerprint density at radius 2 is 1.56 bits per heavy atom. The first-order valence-corrected chi connectivity index (χ1v) is 5.47. The van der Waals surface area contributed by atoms with Crippen molar-refractivity contribution in [2.45, 2.75) is 6.92 Å². The predicted octanol–water partition coefficient (Wildman–Crippen LogP) is 4.82. The van der Waals surface area contributed by atoms with Crippen LogP contribution in [0.3, 0.4) is 0 Å². The lowest BCUT2D eigenvalue weighted by Crippen LogP contribution is -1.92. The Hall–Kier alpha value is -2.03. The third-order valence-corrected chi connectivity index (χ3v) is 2.72. The summed E-state index contributed by atoms with van der Waals surface area (Å²) in [6.07, 6.45) is 0. The van der Waals surface area contributed by atoms with Gasteiger partial charge in [-0.25, -0.2) is 13.2 Å². The first kappa shape index (κ1) is 12.4. The van der Waals surface area contributed by atoms with E-state index >= 15 is 0 Å². The topological polar surface area (TPSA) is 0 Å². The molecule has 0 amide bonds. The summed E-state index contributed by atoms with van der Waals surface area (Å²) in [6, 6.07) is 12.2. The fourth-order valence-corrected chi connectivity index (χ4v) is 1.69. The standard InChI is InChI=1S/C15H11F3/c1-10(11-6-3-2-4-7-11)14(17)12-8-5-9-13(16)15(12)18/h2-9H,1H3. The van der Waals surface area contributed by atoms with Crippen LogP contribution >= 0.6 is 0 Å². The number of allylic oxidation sites excluding steroid dienone is 1. The Kier molecular flexibility index (Phi) is 3.51. The molecule has 0 N–H and O–H groups in total. The van der Waals surface area contributed by atoms with Crippen LogP contribution in [0.5, 0.6) is 0 Å². The molecule has 0 nitrogen and oxygen atoms in total. The molecule has 2 rings (SSSR count). The Labute approximate surface area is 103 Å². The molecule has 2 aromatic rings. The van der Waals surface area contributed by atoms with Crippen molar-refractivity contribution in [3.63, 3.8) is 0 Å². The van der Waals surface area contributed by atoms with E-state index in [0.717, 1.165) is 6.07 Å². The zero-order chi connectivity index (χ0) is 13.1. The van der Waals surface area contributed by atoms with Crippen LogP contribution in [0, 0.1) is 11.6 Å². The summed E-state index contributed by atoms with van der Waals surface area (Å²) in [4.78, 5) is 0. The molecule has 2 aromatic carbocycles. The second-order valence-corrected chi connectivity index (χ2v) is 3.91. The lowest BCUT2D eigenvalue weighted by Gasteiger charge is -2.06. The summed E-state index contributed by atoms with van der Waals surface area (Å²) in [6.45, 7) is 1.54. The van der Waals surface area contributed by atoms with Gasteiger partial charge in [0.1, 0.15) is 5.83 Å². The maximum atomic E-state index is 14.1. The molecule has 0 spiro atoms. The van der Waals surface area contributed by atoms with Gasteiger partial charge in [-0.3, -0.25) is 0 Å². The van der Waals surface area contributed by atoms with E-state index in [9.17, 15) is 13.2 Å². The Bertz CT molecular complexity index is 586. The molecule has 0 bridgehead atoms. The largest absolute Gasteiger partial charge is 0.206 e. The van der Waals surface area contributed by atoms with Gasteiger partial charge >= 0.3 is 0 Å². The molecule has 0 aliphatic carbocycles. The molecule has 0 fully saturated rings. The molecule has 18 heavy (non-hydrogen) atoms. The quantitative estimate of drug-likeness (QED) is 0.668. The third kappa shape index (κ3) is 2.30. The van der Waals surface area contributed by atoms with E-state index in [4.69, 9.17) is 0 Å². The molecular formula is C15H11F3. The molecule has 0 heterocycles. The lowest BCUT2D eigenvalue weighted by atomic mass is 10.0. The number of benzene rings is 2. The monoisotopic (exact) mass is 248 g/mol. The lowest BCUT2D eigenvalue weighted by molar-refractivity contribution is 0.503. The van der Waals surface area contributed by atoms with Crippen molar-refractivity contribution >= 4 is 11.4 Å². The van der Waals surface area contributed by atoms with E-state index in [1.165, 1.54) is 19.1 Å². The van der Waals surface area contributed by atoms with E-state index in [1.54, 1.807) is 30.3 Å². The third-order valence-electron chi connectivity index (χ3n) is 2.72. The SMILES string of the molecule is CC(=C(F)c1cccc(F)c1F)c1ccccc1. The number of hydrogen-bond acceptors (Lipinski definition) is 0. The van der Waals surface area contributed by atoms with Crippen molar-refractivity contribution in [1.29, 1.82) is 0 Å². The highest BCUT2D eigenvalue weighted by molar-refractivity contribution is 5.86. The van der Waals surface area contributed by atoms with Crippen LogP contribution < -0.4 is 0 Å². The smallest absolute Gasteiger partial charge is 0.168 e. The molecule has 0 atom stereocenters. The average Bonchev–Trinajstić information content (AvgIpc) is 2.41. The summed E-state index contributed by atoms with van der Waals surface area (Å²) in [7, 11) is 0. The van der Waals surface area contributed by atoms with E-state index in [0.29, 0.717) is 5.56 Å². The van der Waals surface area contributed by atoms with Crippen molar-refractivity contribution in [2.24, 2.45) is 0 Å². The molecule has 0 aliphatic heterocycles. The molecule has 0 saturated carbocycles. The molecular weight excluding hydrogens is 237 g/mol. The van der Waals surface area contributed by atoms with Crippen LogP contribution in [0.2, 0.25) is 0 Å². The van der Waals surface area contributed by atoms with Crippen LogP contribution in [0.15, 0.2) is 48.5 Å². The highest BCUT2D eigenvalue weighted by atomic mass is 19.2. The normalized spacial score (nSPS) is 12.2. The molecule has 0 saturated heterocycles. The van der Waals surface area contributed by atoms with Crippen molar-refractivity contribution in [2.75, 3.05) is 0 Å². The van der Waals surface area contributed by atoms with Crippen molar-refractivity contribution in [3.05, 3.63) is 71.3 Å².